The van der Waals surface area contributed by atoms with E-state index in [4.69, 9.17) is 15.6 Å². The van der Waals surface area contributed by atoms with E-state index in [0.717, 1.165) is 12.8 Å². The highest BCUT2D eigenvalue weighted by Crippen LogP contribution is 2.32. The molecule has 0 spiro atoms. The number of nitrogens with two attached hydrogens (primary N) is 2. The Hall–Kier alpha value is -1.11. The Morgan fingerprint density at radius 1 is 1.38 bits per heavy atom. The molecule has 1 aliphatic rings. The Balaban J connectivity index is 2.49. The lowest BCUT2D eigenvalue weighted by Gasteiger charge is -2.12. The fraction of sp³-hybridized carbons (Fsp3) is 0.400. The summed E-state index contributed by atoms with van der Waals surface area (Å²) in [6.07, 6.45) is 2.03. The maximum Gasteiger partial charge on any atom is 0.242 e. The number of benzene rings is 1. The van der Waals surface area contributed by atoms with E-state index in [1.54, 1.807) is 18.2 Å². The van der Waals surface area contributed by atoms with E-state index in [-0.39, 0.29) is 17.5 Å². The van der Waals surface area contributed by atoms with Gasteiger partial charge in [-0.15, -0.1) is 0 Å². The van der Waals surface area contributed by atoms with Crippen LogP contribution in [0.25, 0.3) is 0 Å². The van der Waals surface area contributed by atoms with Gasteiger partial charge < -0.3 is 10.5 Å². The zero-order chi connectivity index (χ0) is 11.8. The van der Waals surface area contributed by atoms with Gasteiger partial charge in [0.05, 0.1) is 6.10 Å². The normalized spacial score (nSPS) is 16.1. The van der Waals surface area contributed by atoms with Crippen LogP contribution in [0, 0.1) is 0 Å². The van der Waals surface area contributed by atoms with Crippen molar-refractivity contribution in [2.45, 2.75) is 30.4 Å². The van der Waals surface area contributed by atoms with Gasteiger partial charge in [-0.1, -0.05) is 12.1 Å². The van der Waals surface area contributed by atoms with E-state index < -0.39 is 10.0 Å². The molecule has 1 saturated carbocycles. The van der Waals surface area contributed by atoms with Gasteiger partial charge in [-0.3, -0.25) is 0 Å². The monoisotopic (exact) mass is 242 g/mol. The molecule has 1 aromatic rings. The van der Waals surface area contributed by atoms with E-state index in [1.165, 1.54) is 0 Å². The molecular weight excluding hydrogens is 228 g/mol. The van der Waals surface area contributed by atoms with E-state index in [1.807, 2.05) is 0 Å². The average molecular weight is 242 g/mol. The van der Waals surface area contributed by atoms with E-state index >= 15 is 0 Å². The summed E-state index contributed by atoms with van der Waals surface area (Å²) in [5.74, 6) is 0.313. The second kappa shape index (κ2) is 4.04. The van der Waals surface area contributed by atoms with Crippen LogP contribution < -0.4 is 15.6 Å². The van der Waals surface area contributed by atoms with Crippen molar-refractivity contribution in [3.63, 3.8) is 0 Å². The first-order valence-electron chi connectivity index (χ1n) is 5.04. The first kappa shape index (κ1) is 11.4. The van der Waals surface area contributed by atoms with Crippen LogP contribution in [-0.4, -0.2) is 14.5 Å². The van der Waals surface area contributed by atoms with Crippen molar-refractivity contribution < 1.29 is 13.2 Å². The number of hydrogen-bond donors (Lipinski definition) is 2. The highest BCUT2D eigenvalue weighted by Gasteiger charge is 2.27. The van der Waals surface area contributed by atoms with Crippen LogP contribution in [0.1, 0.15) is 18.4 Å². The van der Waals surface area contributed by atoms with Gasteiger partial charge in [0.25, 0.3) is 0 Å². The molecule has 0 aliphatic heterocycles. The zero-order valence-corrected chi connectivity index (χ0v) is 9.53. The van der Waals surface area contributed by atoms with Gasteiger partial charge in [0, 0.05) is 6.54 Å². The first-order chi connectivity index (χ1) is 7.52. The van der Waals surface area contributed by atoms with Crippen LogP contribution in [0.2, 0.25) is 0 Å². The van der Waals surface area contributed by atoms with Gasteiger partial charge >= 0.3 is 0 Å². The minimum atomic E-state index is -3.80. The molecule has 1 aromatic carbocycles. The molecule has 6 heteroatoms. The van der Waals surface area contributed by atoms with Gasteiger partial charge in [0.1, 0.15) is 10.6 Å². The largest absolute Gasteiger partial charge is 0.489 e. The third-order valence-electron chi connectivity index (χ3n) is 2.38. The molecule has 16 heavy (non-hydrogen) atoms. The molecule has 0 aromatic heterocycles. The molecule has 0 heterocycles. The van der Waals surface area contributed by atoms with Crippen LogP contribution in [0.4, 0.5) is 0 Å². The van der Waals surface area contributed by atoms with Gasteiger partial charge in [0.2, 0.25) is 10.0 Å². The average Bonchev–Trinajstić information content (AvgIpc) is 2.99. The summed E-state index contributed by atoms with van der Waals surface area (Å²) in [5.41, 5.74) is 5.97. The minimum Gasteiger partial charge on any atom is -0.489 e. The maximum atomic E-state index is 11.5. The molecule has 0 bridgehead atoms. The summed E-state index contributed by atoms with van der Waals surface area (Å²) < 4.78 is 28.5. The van der Waals surface area contributed by atoms with Crippen molar-refractivity contribution in [1.82, 2.24) is 0 Å². The van der Waals surface area contributed by atoms with Crippen molar-refractivity contribution in [3.05, 3.63) is 23.8 Å². The molecule has 0 radical (unpaired) electrons. The standard InChI is InChI=1S/C10H14N2O3S/c11-6-7-2-1-3-9(15-8-4-5-8)10(7)16(12,13)14/h1-3,8H,4-6,11H2,(H2,12,13,14). The summed E-state index contributed by atoms with van der Waals surface area (Å²) in [7, 11) is -3.80. The fourth-order valence-corrected chi connectivity index (χ4v) is 2.42. The highest BCUT2D eigenvalue weighted by molar-refractivity contribution is 7.89. The third-order valence-corrected chi connectivity index (χ3v) is 3.42. The molecule has 1 fully saturated rings. The number of hydrogen-bond acceptors (Lipinski definition) is 4. The Morgan fingerprint density at radius 2 is 2.06 bits per heavy atom. The van der Waals surface area contributed by atoms with Gasteiger partial charge in [0.15, 0.2) is 0 Å². The maximum absolute atomic E-state index is 11.5. The number of ether oxygens (including phenoxy) is 1. The summed E-state index contributed by atoms with van der Waals surface area (Å²) in [6.45, 7) is 0.119. The smallest absolute Gasteiger partial charge is 0.242 e. The number of rotatable bonds is 4. The molecule has 0 amide bonds. The molecule has 2 rings (SSSR count). The molecular formula is C10H14N2O3S. The molecule has 88 valence electrons. The van der Waals surface area contributed by atoms with E-state index in [2.05, 4.69) is 0 Å². The SMILES string of the molecule is NCc1cccc(OC2CC2)c1S(N)(=O)=O. The number of sulfonamides is 1. The van der Waals surface area contributed by atoms with Gasteiger partial charge in [-0.2, -0.15) is 0 Å². The van der Waals surface area contributed by atoms with E-state index in [0.29, 0.717) is 11.3 Å². The second-order valence-electron chi connectivity index (χ2n) is 3.81. The van der Waals surface area contributed by atoms with Gasteiger partial charge in [-0.25, -0.2) is 13.6 Å². The van der Waals surface area contributed by atoms with Crippen LogP contribution in [0.15, 0.2) is 23.1 Å². The summed E-state index contributed by atoms with van der Waals surface area (Å²) in [6, 6.07) is 4.96. The van der Waals surface area contributed by atoms with Crippen molar-refractivity contribution in [2.75, 3.05) is 0 Å². The first-order valence-corrected chi connectivity index (χ1v) is 6.58. The lowest BCUT2D eigenvalue weighted by Crippen LogP contribution is -2.18. The molecule has 0 unspecified atom stereocenters. The fourth-order valence-electron chi connectivity index (χ4n) is 1.50. The quantitative estimate of drug-likeness (QED) is 0.795. The van der Waals surface area contributed by atoms with Crippen molar-refractivity contribution in [1.29, 1.82) is 0 Å². The van der Waals surface area contributed by atoms with E-state index in [9.17, 15) is 8.42 Å². The molecule has 1 aliphatic carbocycles. The topological polar surface area (TPSA) is 95.4 Å². The Kier molecular flexibility index (Phi) is 2.88. The minimum absolute atomic E-state index is 0.0180. The van der Waals surface area contributed by atoms with Crippen molar-refractivity contribution in [2.24, 2.45) is 10.9 Å². The lowest BCUT2D eigenvalue weighted by atomic mass is 10.2. The van der Waals surface area contributed by atoms with Crippen LogP contribution in [-0.2, 0) is 16.6 Å². The Morgan fingerprint density at radius 3 is 2.56 bits per heavy atom. The number of primary sulfonamides is 1. The van der Waals surface area contributed by atoms with Crippen molar-refractivity contribution in [3.8, 4) is 5.75 Å². The third kappa shape index (κ3) is 2.34. The predicted octanol–water partition coefficient (Wildman–Crippen LogP) is 0.334. The highest BCUT2D eigenvalue weighted by atomic mass is 32.2. The van der Waals surface area contributed by atoms with Crippen LogP contribution in [0.5, 0.6) is 5.75 Å². The van der Waals surface area contributed by atoms with Crippen molar-refractivity contribution >= 4 is 10.0 Å². The predicted molar refractivity (Wildman–Crippen MR) is 59.4 cm³/mol. The van der Waals surface area contributed by atoms with Crippen LogP contribution >= 0.6 is 0 Å². The molecule has 4 N–H and O–H groups in total. The Labute approximate surface area is 94.4 Å². The van der Waals surface area contributed by atoms with Crippen LogP contribution in [0.3, 0.4) is 0 Å². The summed E-state index contributed by atoms with van der Waals surface area (Å²) in [5, 5.41) is 5.17. The molecule has 5 nitrogen and oxygen atoms in total. The molecule has 0 atom stereocenters. The Bertz CT molecular complexity index is 495. The lowest BCUT2D eigenvalue weighted by molar-refractivity contribution is 0.294. The summed E-state index contributed by atoms with van der Waals surface area (Å²) in [4.78, 5) is 0.0180. The molecule has 0 saturated heterocycles. The summed E-state index contributed by atoms with van der Waals surface area (Å²) >= 11 is 0. The van der Waals surface area contributed by atoms with Gasteiger partial charge in [-0.05, 0) is 24.5 Å². The zero-order valence-electron chi connectivity index (χ0n) is 8.72. The second-order valence-corrected chi connectivity index (χ2v) is 5.31.